The molecule has 0 saturated heterocycles. The van der Waals surface area contributed by atoms with Crippen molar-refractivity contribution in [3.63, 3.8) is 0 Å². The molecule has 3 heteroatoms. The molecule has 1 heterocycles. The van der Waals surface area contributed by atoms with E-state index in [1.54, 1.807) is 6.92 Å². The average Bonchev–Trinajstić information content (AvgIpc) is 2.60. The van der Waals surface area contributed by atoms with Gasteiger partial charge in [0.25, 0.3) is 0 Å². The van der Waals surface area contributed by atoms with Crippen LogP contribution in [-0.4, -0.2) is 15.6 Å². The van der Waals surface area contributed by atoms with E-state index in [2.05, 4.69) is 25.0 Å². The molecule has 1 atom stereocenters. The van der Waals surface area contributed by atoms with Crippen LogP contribution in [0, 0.1) is 5.92 Å². The van der Waals surface area contributed by atoms with Gasteiger partial charge >= 0.3 is 0 Å². The molecule has 0 aliphatic rings. The maximum absolute atomic E-state index is 11.2. The highest BCUT2D eigenvalue weighted by atomic mass is 16.1. The predicted octanol–water partition coefficient (Wildman–Crippen LogP) is 2.23. The second-order valence-electron chi connectivity index (χ2n) is 4.01. The van der Waals surface area contributed by atoms with Crippen molar-refractivity contribution < 1.29 is 4.79 Å². The third-order valence-corrected chi connectivity index (χ3v) is 2.78. The molecule has 84 valence electrons. The minimum atomic E-state index is 0.0942. The van der Waals surface area contributed by atoms with E-state index in [4.69, 9.17) is 0 Å². The number of hydrogen-bond donors (Lipinski definition) is 0. The minimum Gasteiger partial charge on any atom is -0.300 e. The van der Waals surface area contributed by atoms with E-state index < -0.39 is 0 Å². The van der Waals surface area contributed by atoms with Crippen molar-refractivity contribution in [3.8, 4) is 0 Å². The molecule has 0 radical (unpaired) electrons. The quantitative estimate of drug-likeness (QED) is 0.743. The fourth-order valence-corrected chi connectivity index (χ4v) is 1.58. The first-order valence-electron chi connectivity index (χ1n) is 5.64. The number of aromatic nitrogens is 2. The summed E-state index contributed by atoms with van der Waals surface area (Å²) < 4.78 is 2.00. The van der Waals surface area contributed by atoms with Crippen molar-refractivity contribution >= 4 is 5.78 Å². The van der Waals surface area contributed by atoms with E-state index in [1.165, 1.54) is 5.69 Å². The predicted molar refractivity (Wildman–Crippen MR) is 60.8 cm³/mol. The molecular weight excluding hydrogens is 188 g/mol. The lowest BCUT2D eigenvalue weighted by molar-refractivity contribution is -0.120. The molecule has 0 aliphatic carbocycles. The number of aryl methyl sites for hydroxylation is 2. The molecule has 3 nitrogen and oxygen atoms in total. The minimum absolute atomic E-state index is 0.0942. The molecule has 0 N–H and O–H groups in total. The van der Waals surface area contributed by atoms with Gasteiger partial charge in [0.2, 0.25) is 0 Å². The van der Waals surface area contributed by atoms with E-state index in [0.29, 0.717) is 0 Å². The van der Waals surface area contributed by atoms with Crippen LogP contribution in [0.2, 0.25) is 0 Å². The molecule has 1 rings (SSSR count). The lowest BCUT2D eigenvalue weighted by atomic mass is 10.0. The number of rotatable bonds is 5. The van der Waals surface area contributed by atoms with Crippen LogP contribution in [0.1, 0.15) is 39.1 Å². The van der Waals surface area contributed by atoms with E-state index in [0.717, 1.165) is 25.1 Å². The molecule has 0 spiro atoms. The second-order valence-corrected chi connectivity index (χ2v) is 4.01. The summed E-state index contributed by atoms with van der Waals surface area (Å²) in [6.07, 6.45) is 1.75. The SMILES string of the molecule is CCc1cc(CC(C)C(C)=O)n(CC)n1. The van der Waals surface area contributed by atoms with Crippen molar-refractivity contribution in [2.75, 3.05) is 0 Å². The number of carbonyl (C=O) groups is 1. The van der Waals surface area contributed by atoms with Gasteiger partial charge in [-0.3, -0.25) is 9.48 Å². The zero-order chi connectivity index (χ0) is 11.4. The Morgan fingerprint density at radius 2 is 2.20 bits per heavy atom. The lowest BCUT2D eigenvalue weighted by Crippen LogP contribution is -2.13. The number of carbonyl (C=O) groups excluding carboxylic acids is 1. The van der Waals surface area contributed by atoms with Crippen LogP contribution in [-0.2, 0) is 24.2 Å². The third kappa shape index (κ3) is 2.91. The van der Waals surface area contributed by atoms with E-state index in [9.17, 15) is 4.79 Å². The van der Waals surface area contributed by atoms with Gasteiger partial charge in [0.15, 0.2) is 0 Å². The first-order valence-corrected chi connectivity index (χ1v) is 5.64. The maximum atomic E-state index is 11.2. The highest BCUT2D eigenvalue weighted by Gasteiger charge is 2.13. The first-order chi connectivity index (χ1) is 7.08. The first kappa shape index (κ1) is 12.0. The molecule has 1 unspecified atom stereocenters. The summed E-state index contributed by atoms with van der Waals surface area (Å²) in [5.41, 5.74) is 2.29. The number of hydrogen-bond acceptors (Lipinski definition) is 2. The van der Waals surface area contributed by atoms with Gasteiger partial charge in [0.1, 0.15) is 5.78 Å². The number of ketones is 1. The van der Waals surface area contributed by atoms with Crippen molar-refractivity contribution in [1.82, 2.24) is 9.78 Å². The number of nitrogens with zero attached hydrogens (tertiary/aromatic N) is 2. The van der Waals surface area contributed by atoms with Crippen LogP contribution in [0.5, 0.6) is 0 Å². The summed E-state index contributed by atoms with van der Waals surface area (Å²) in [6.45, 7) is 8.67. The van der Waals surface area contributed by atoms with Gasteiger partial charge in [0, 0.05) is 18.2 Å². The summed E-state index contributed by atoms with van der Waals surface area (Å²) in [5.74, 6) is 0.341. The standard InChI is InChI=1S/C12H20N2O/c1-5-11-8-12(14(6-2)13-11)7-9(3)10(4)15/h8-9H,5-7H2,1-4H3. The Bertz CT molecular complexity index is 341. The molecular formula is C12H20N2O. The van der Waals surface area contributed by atoms with Gasteiger partial charge in [0.05, 0.1) is 5.69 Å². The Hall–Kier alpha value is -1.12. The van der Waals surface area contributed by atoms with Crippen LogP contribution in [0.3, 0.4) is 0 Å². The largest absolute Gasteiger partial charge is 0.300 e. The van der Waals surface area contributed by atoms with E-state index in [1.807, 2.05) is 11.6 Å². The van der Waals surface area contributed by atoms with Crippen molar-refractivity contribution in [3.05, 3.63) is 17.5 Å². The molecule has 0 amide bonds. The van der Waals surface area contributed by atoms with Gasteiger partial charge in [-0.25, -0.2) is 0 Å². The maximum Gasteiger partial charge on any atom is 0.133 e. The van der Waals surface area contributed by atoms with Gasteiger partial charge in [-0.05, 0) is 32.8 Å². The van der Waals surface area contributed by atoms with Crippen molar-refractivity contribution in [2.24, 2.45) is 5.92 Å². The third-order valence-electron chi connectivity index (χ3n) is 2.78. The van der Waals surface area contributed by atoms with Crippen LogP contribution in [0.4, 0.5) is 0 Å². The Labute approximate surface area is 91.5 Å². The van der Waals surface area contributed by atoms with Crippen molar-refractivity contribution in [2.45, 2.75) is 47.1 Å². The summed E-state index contributed by atoms with van der Waals surface area (Å²) in [4.78, 5) is 11.2. The Morgan fingerprint density at radius 1 is 1.53 bits per heavy atom. The van der Waals surface area contributed by atoms with Gasteiger partial charge in [-0.2, -0.15) is 5.10 Å². The fourth-order valence-electron chi connectivity index (χ4n) is 1.58. The molecule has 0 bridgehead atoms. The number of Topliss-reactive ketones (excluding diaryl/α,β-unsaturated/α-hetero) is 1. The zero-order valence-corrected chi connectivity index (χ0v) is 10.1. The summed E-state index contributed by atoms with van der Waals surface area (Å²) in [5, 5.41) is 4.46. The Morgan fingerprint density at radius 3 is 2.67 bits per heavy atom. The fraction of sp³-hybridized carbons (Fsp3) is 0.667. The summed E-state index contributed by atoms with van der Waals surface area (Å²) >= 11 is 0. The van der Waals surface area contributed by atoms with E-state index in [-0.39, 0.29) is 11.7 Å². The van der Waals surface area contributed by atoms with Crippen LogP contribution < -0.4 is 0 Å². The Balaban J connectivity index is 2.83. The highest BCUT2D eigenvalue weighted by Crippen LogP contribution is 2.12. The van der Waals surface area contributed by atoms with Crippen molar-refractivity contribution in [1.29, 1.82) is 0 Å². The molecule has 1 aromatic rings. The average molecular weight is 208 g/mol. The highest BCUT2D eigenvalue weighted by molar-refractivity contribution is 5.78. The smallest absolute Gasteiger partial charge is 0.133 e. The zero-order valence-electron chi connectivity index (χ0n) is 10.1. The molecule has 0 saturated carbocycles. The lowest BCUT2D eigenvalue weighted by Gasteiger charge is -2.08. The van der Waals surface area contributed by atoms with Crippen LogP contribution in [0.25, 0.3) is 0 Å². The monoisotopic (exact) mass is 208 g/mol. The normalized spacial score (nSPS) is 12.8. The summed E-state index contributed by atoms with van der Waals surface area (Å²) in [7, 11) is 0. The van der Waals surface area contributed by atoms with E-state index >= 15 is 0 Å². The molecule has 0 aliphatic heterocycles. The van der Waals surface area contributed by atoms with Gasteiger partial charge < -0.3 is 0 Å². The van der Waals surface area contributed by atoms with Gasteiger partial charge in [-0.1, -0.05) is 13.8 Å². The summed E-state index contributed by atoms with van der Waals surface area (Å²) in [6, 6.07) is 2.11. The van der Waals surface area contributed by atoms with Gasteiger partial charge in [-0.15, -0.1) is 0 Å². The van der Waals surface area contributed by atoms with Crippen LogP contribution >= 0.6 is 0 Å². The Kier molecular flexibility index (Phi) is 4.06. The molecule has 1 aromatic heterocycles. The molecule has 15 heavy (non-hydrogen) atoms. The topological polar surface area (TPSA) is 34.9 Å². The molecule has 0 fully saturated rings. The second kappa shape index (κ2) is 5.10. The van der Waals surface area contributed by atoms with Crippen LogP contribution in [0.15, 0.2) is 6.07 Å². The molecule has 0 aromatic carbocycles.